The molecule has 0 N–H and O–H groups in total. The molecule has 1 amide bonds. The highest BCUT2D eigenvalue weighted by atomic mass is 19.4. The summed E-state index contributed by atoms with van der Waals surface area (Å²) in [7, 11) is 0. The number of carbonyl (C=O) groups is 2. The highest BCUT2D eigenvalue weighted by Crippen LogP contribution is 2.37. The maximum atomic E-state index is 14.5. The number of hydrogen-bond donors (Lipinski definition) is 0. The Morgan fingerprint density at radius 3 is 2.28 bits per heavy atom. The lowest BCUT2D eigenvalue weighted by atomic mass is 9.80. The van der Waals surface area contributed by atoms with Crippen LogP contribution in [0.3, 0.4) is 0 Å². The molecule has 2 atom stereocenters. The number of carbonyl (C=O) groups excluding carboxylic acids is 2. The Morgan fingerprint density at radius 1 is 1.00 bits per heavy atom. The molecular weight excluding hydrogens is 430 g/mol. The van der Waals surface area contributed by atoms with E-state index in [1.807, 2.05) is 30.3 Å². The Labute approximate surface area is 181 Å². The molecule has 2 heterocycles. The Morgan fingerprint density at radius 2 is 1.66 bits per heavy atom. The molecule has 0 aromatic heterocycles. The van der Waals surface area contributed by atoms with Crippen molar-refractivity contribution in [1.82, 2.24) is 4.90 Å². The highest BCUT2D eigenvalue weighted by molar-refractivity contribution is 5.98. The summed E-state index contributed by atoms with van der Waals surface area (Å²) in [5, 5.41) is 0. The quantitative estimate of drug-likeness (QED) is 0.493. The van der Waals surface area contributed by atoms with Gasteiger partial charge in [-0.3, -0.25) is 9.69 Å². The number of amides is 1. The Hall–Kier alpha value is -2.94. The van der Waals surface area contributed by atoms with Gasteiger partial charge < -0.3 is 9.47 Å². The second-order valence-corrected chi connectivity index (χ2v) is 7.99. The Balaban J connectivity index is 1.48. The maximum Gasteiger partial charge on any atom is 0.419 e. The van der Waals surface area contributed by atoms with Crippen LogP contribution in [0.5, 0.6) is 0 Å². The van der Waals surface area contributed by atoms with Crippen molar-refractivity contribution in [2.24, 2.45) is 5.92 Å². The number of morpholine rings is 1. The van der Waals surface area contributed by atoms with Crippen LogP contribution in [0.2, 0.25) is 0 Å². The zero-order chi connectivity index (χ0) is 22.9. The van der Waals surface area contributed by atoms with Crippen LogP contribution in [-0.2, 0) is 22.3 Å². The summed E-state index contributed by atoms with van der Waals surface area (Å²) < 4.78 is 64.5. The van der Waals surface area contributed by atoms with Gasteiger partial charge in [0.1, 0.15) is 12.4 Å². The number of fused-ring (bicyclic) bond motifs is 2. The van der Waals surface area contributed by atoms with Gasteiger partial charge >= 0.3 is 12.3 Å². The van der Waals surface area contributed by atoms with E-state index in [9.17, 15) is 27.2 Å². The summed E-state index contributed by atoms with van der Waals surface area (Å²) in [5.74, 6) is -2.97. The van der Waals surface area contributed by atoms with Crippen LogP contribution >= 0.6 is 0 Å². The summed E-state index contributed by atoms with van der Waals surface area (Å²) in [4.78, 5) is 27.2. The van der Waals surface area contributed by atoms with Crippen molar-refractivity contribution in [1.29, 1.82) is 0 Å². The second-order valence-electron chi connectivity index (χ2n) is 7.99. The third-order valence-electron chi connectivity index (χ3n) is 5.88. The van der Waals surface area contributed by atoms with Gasteiger partial charge in [0.05, 0.1) is 36.4 Å². The minimum absolute atomic E-state index is 0.0915. The molecule has 2 aromatic carbocycles. The maximum absolute atomic E-state index is 14.5. The van der Waals surface area contributed by atoms with E-state index in [1.54, 1.807) is 4.90 Å². The number of piperidine rings is 1. The second kappa shape index (κ2) is 8.90. The lowest BCUT2D eigenvalue weighted by Crippen LogP contribution is -2.60. The fourth-order valence-corrected chi connectivity index (χ4v) is 4.38. The first-order valence-corrected chi connectivity index (χ1v) is 10.2. The van der Waals surface area contributed by atoms with Crippen LogP contribution in [0.15, 0.2) is 48.5 Å². The van der Waals surface area contributed by atoms with Crippen molar-refractivity contribution < 1.29 is 36.6 Å². The van der Waals surface area contributed by atoms with Crippen LogP contribution in [0.4, 0.5) is 22.4 Å². The first kappa shape index (κ1) is 22.3. The number of halogens is 4. The first-order chi connectivity index (χ1) is 15.3. The Bertz CT molecular complexity index is 981. The molecule has 2 unspecified atom stereocenters. The van der Waals surface area contributed by atoms with Gasteiger partial charge in [-0.15, -0.1) is 0 Å². The van der Waals surface area contributed by atoms with Gasteiger partial charge in [0.25, 0.3) is 0 Å². The number of ether oxygens (including phenoxy) is 2. The van der Waals surface area contributed by atoms with Crippen LogP contribution in [-0.4, -0.2) is 42.1 Å². The molecule has 0 aliphatic carbocycles. The van der Waals surface area contributed by atoms with E-state index in [4.69, 9.17) is 9.47 Å². The van der Waals surface area contributed by atoms with Crippen LogP contribution in [0.1, 0.15) is 34.3 Å². The number of alkyl halides is 3. The molecule has 5 nitrogen and oxygen atoms in total. The van der Waals surface area contributed by atoms with E-state index in [0.717, 1.165) is 17.7 Å². The predicted molar refractivity (Wildman–Crippen MR) is 105 cm³/mol. The largest absolute Gasteiger partial charge is 0.445 e. The predicted octanol–water partition coefficient (Wildman–Crippen LogP) is 4.84. The molecule has 170 valence electrons. The number of Topliss-reactive ketones (excluding diaryl/α,β-unsaturated/α-hetero) is 1. The normalized spacial score (nSPS) is 23.0. The van der Waals surface area contributed by atoms with E-state index >= 15 is 0 Å². The highest BCUT2D eigenvalue weighted by Gasteiger charge is 2.45. The molecule has 2 saturated heterocycles. The van der Waals surface area contributed by atoms with Crippen molar-refractivity contribution in [3.63, 3.8) is 0 Å². The molecule has 2 aliphatic heterocycles. The molecule has 0 radical (unpaired) electrons. The number of ketones is 1. The lowest BCUT2D eigenvalue weighted by molar-refractivity contribution is -0.140. The fraction of sp³-hybridized carbons (Fsp3) is 0.391. The molecule has 2 aromatic rings. The van der Waals surface area contributed by atoms with Crippen molar-refractivity contribution in [2.45, 2.75) is 37.7 Å². The van der Waals surface area contributed by atoms with Crippen molar-refractivity contribution >= 4 is 11.9 Å². The number of nitrogens with zero attached hydrogens (tertiary/aromatic N) is 1. The van der Waals surface area contributed by atoms with Crippen molar-refractivity contribution in [2.75, 3.05) is 13.2 Å². The molecule has 4 rings (SSSR count). The zero-order valence-corrected chi connectivity index (χ0v) is 17.0. The smallest absolute Gasteiger partial charge is 0.419 e. The van der Waals surface area contributed by atoms with Crippen molar-refractivity contribution in [3.8, 4) is 0 Å². The van der Waals surface area contributed by atoms with E-state index in [2.05, 4.69) is 0 Å². The molecule has 0 saturated carbocycles. The van der Waals surface area contributed by atoms with Gasteiger partial charge in [0.15, 0.2) is 5.78 Å². The van der Waals surface area contributed by atoms with Gasteiger partial charge in [-0.25, -0.2) is 9.18 Å². The standard InChI is InChI=1S/C23H21F4NO4/c24-20-18(7-4-8-19(20)23(25,26)27)21(29)15-9-16-12-31-13-17(10-15)28(16)22(30)32-11-14-5-2-1-3-6-14/h1-8,15-17H,9-13H2. The van der Waals surface area contributed by atoms with Gasteiger partial charge in [0.2, 0.25) is 0 Å². The molecule has 2 bridgehead atoms. The van der Waals surface area contributed by atoms with Gasteiger partial charge in [-0.1, -0.05) is 36.4 Å². The van der Waals surface area contributed by atoms with Crippen LogP contribution in [0, 0.1) is 11.7 Å². The monoisotopic (exact) mass is 451 g/mol. The van der Waals surface area contributed by atoms with Crippen LogP contribution < -0.4 is 0 Å². The number of benzene rings is 2. The summed E-state index contributed by atoms with van der Waals surface area (Å²) in [5.41, 5.74) is -1.22. The van der Waals surface area contributed by atoms with E-state index in [1.165, 1.54) is 0 Å². The minimum atomic E-state index is -4.89. The Kier molecular flexibility index (Phi) is 6.19. The summed E-state index contributed by atoms with van der Waals surface area (Å²) in [6, 6.07) is 10.9. The molecule has 32 heavy (non-hydrogen) atoms. The molecule has 2 fully saturated rings. The molecule has 9 heteroatoms. The first-order valence-electron chi connectivity index (χ1n) is 10.2. The number of rotatable bonds is 4. The summed E-state index contributed by atoms with van der Waals surface area (Å²) in [6.45, 7) is 0.436. The minimum Gasteiger partial charge on any atom is -0.445 e. The van der Waals surface area contributed by atoms with E-state index in [-0.39, 0.29) is 32.7 Å². The molecular formula is C23H21F4NO4. The van der Waals surface area contributed by atoms with Gasteiger partial charge in [0, 0.05) is 5.92 Å². The molecule has 2 aliphatic rings. The fourth-order valence-electron chi connectivity index (χ4n) is 4.38. The van der Waals surface area contributed by atoms with Gasteiger partial charge in [-0.05, 0) is 30.5 Å². The summed E-state index contributed by atoms with van der Waals surface area (Å²) in [6.07, 6.45) is -5.11. The lowest BCUT2D eigenvalue weighted by Gasteiger charge is -2.47. The number of hydrogen-bond acceptors (Lipinski definition) is 4. The van der Waals surface area contributed by atoms with E-state index < -0.39 is 53.0 Å². The third-order valence-corrected chi connectivity index (χ3v) is 5.88. The molecule has 0 spiro atoms. The topological polar surface area (TPSA) is 55.8 Å². The average Bonchev–Trinajstić information content (AvgIpc) is 2.76. The zero-order valence-electron chi connectivity index (χ0n) is 17.0. The van der Waals surface area contributed by atoms with E-state index in [0.29, 0.717) is 6.07 Å². The average molecular weight is 451 g/mol. The van der Waals surface area contributed by atoms with Gasteiger partial charge in [-0.2, -0.15) is 13.2 Å². The van der Waals surface area contributed by atoms with Crippen molar-refractivity contribution in [3.05, 3.63) is 71.0 Å². The summed E-state index contributed by atoms with van der Waals surface area (Å²) >= 11 is 0. The third kappa shape index (κ3) is 4.48. The van der Waals surface area contributed by atoms with Crippen LogP contribution in [0.25, 0.3) is 0 Å². The SMILES string of the molecule is O=C(c1cccc(C(F)(F)F)c1F)C1CC2COCC(C1)N2C(=O)OCc1ccccc1.